The molecule has 0 radical (unpaired) electrons. The monoisotopic (exact) mass is 356 g/mol. The number of amides is 1. The lowest BCUT2D eigenvalue weighted by Gasteiger charge is -2.20. The van der Waals surface area contributed by atoms with Crippen LogP contribution in [-0.4, -0.2) is 41.0 Å². The zero-order valence-electron chi connectivity index (χ0n) is 13.7. The molecule has 1 atom stereocenters. The molecule has 2 aromatic rings. The first-order valence-electron chi connectivity index (χ1n) is 8.22. The number of likely N-dealkylation sites (tertiary alicyclic amines) is 1. The number of rotatable bonds is 6. The molecule has 0 aliphatic carbocycles. The number of hydrogen-bond donors (Lipinski definition) is 2. The molecule has 0 bridgehead atoms. The molecule has 5 nitrogen and oxygen atoms in total. The van der Waals surface area contributed by atoms with E-state index < -0.39 is 12.0 Å². The van der Waals surface area contributed by atoms with E-state index >= 15 is 0 Å². The summed E-state index contributed by atoms with van der Waals surface area (Å²) in [4.78, 5) is 27.4. The lowest BCUT2D eigenvalue weighted by Crippen LogP contribution is -2.40. The van der Waals surface area contributed by atoms with Gasteiger partial charge in [-0.05, 0) is 43.7 Å². The molecule has 0 unspecified atom stereocenters. The first-order valence-corrected chi connectivity index (χ1v) is 9.04. The second-order valence-electron chi connectivity index (χ2n) is 5.93. The van der Waals surface area contributed by atoms with Crippen LogP contribution in [0.15, 0.2) is 64.4 Å². The standard InChI is InChI=1S/C19H20N2O3S/c22-18(13-21-12-6-10-16(21)19(23)24)20-15-9-4-5-11-17(15)25-14-7-2-1-3-8-14/h1-5,7-9,11,16H,6,10,12-13H2,(H,20,22)(H,23,24)/t16-/m1/s1. The van der Waals surface area contributed by atoms with Crippen LogP contribution in [0.25, 0.3) is 0 Å². The summed E-state index contributed by atoms with van der Waals surface area (Å²) in [6.07, 6.45) is 1.41. The summed E-state index contributed by atoms with van der Waals surface area (Å²) in [5.41, 5.74) is 0.743. The van der Waals surface area contributed by atoms with Crippen molar-refractivity contribution >= 4 is 29.3 Å². The van der Waals surface area contributed by atoms with E-state index in [2.05, 4.69) is 5.32 Å². The van der Waals surface area contributed by atoms with Crippen molar-refractivity contribution in [3.05, 3.63) is 54.6 Å². The van der Waals surface area contributed by atoms with E-state index in [0.717, 1.165) is 21.9 Å². The van der Waals surface area contributed by atoms with Gasteiger partial charge in [0.1, 0.15) is 6.04 Å². The van der Waals surface area contributed by atoms with Gasteiger partial charge in [0.05, 0.1) is 12.2 Å². The number of benzene rings is 2. The Morgan fingerprint density at radius 1 is 1.12 bits per heavy atom. The third-order valence-electron chi connectivity index (χ3n) is 4.13. The molecule has 130 valence electrons. The van der Waals surface area contributed by atoms with Crippen molar-refractivity contribution in [3.8, 4) is 0 Å². The molecule has 1 aliphatic heterocycles. The van der Waals surface area contributed by atoms with Crippen LogP contribution in [0.3, 0.4) is 0 Å². The van der Waals surface area contributed by atoms with Gasteiger partial charge in [-0.3, -0.25) is 14.5 Å². The summed E-state index contributed by atoms with van der Waals surface area (Å²) in [6.45, 7) is 0.742. The third kappa shape index (κ3) is 4.61. The summed E-state index contributed by atoms with van der Waals surface area (Å²) < 4.78 is 0. The molecule has 1 aliphatic rings. The van der Waals surface area contributed by atoms with Crippen LogP contribution in [0, 0.1) is 0 Å². The first-order chi connectivity index (χ1) is 12.1. The topological polar surface area (TPSA) is 69.6 Å². The normalized spacial score (nSPS) is 17.4. The molecule has 25 heavy (non-hydrogen) atoms. The average molecular weight is 356 g/mol. The smallest absolute Gasteiger partial charge is 0.320 e. The number of carboxylic acids is 1. The van der Waals surface area contributed by atoms with E-state index in [1.54, 1.807) is 16.7 Å². The second kappa shape index (κ2) is 8.18. The van der Waals surface area contributed by atoms with E-state index in [1.165, 1.54) is 0 Å². The number of carbonyl (C=O) groups is 2. The van der Waals surface area contributed by atoms with Crippen molar-refractivity contribution in [1.29, 1.82) is 0 Å². The average Bonchev–Trinajstić information content (AvgIpc) is 3.06. The summed E-state index contributed by atoms with van der Waals surface area (Å²) in [5, 5.41) is 12.1. The molecule has 1 fully saturated rings. The van der Waals surface area contributed by atoms with Gasteiger partial charge >= 0.3 is 5.97 Å². The summed E-state index contributed by atoms with van der Waals surface area (Å²) in [6, 6.07) is 17.0. The highest BCUT2D eigenvalue weighted by Gasteiger charge is 2.31. The minimum Gasteiger partial charge on any atom is -0.480 e. The summed E-state index contributed by atoms with van der Waals surface area (Å²) in [7, 11) is 0. The molecule has 2 N–H and O–H groups in total. The number of aliphatic carboxylic acids is 1. The maximum atomic E-state index is 12.4. The Hall–Kier alpha value is -2.31. The largest absolute Gasteiger partial charge is 0.480 e. The first kappa shape index (κ1) is 17.5. The maximum absolute atomic E-state index is 12.4. The third-order valence-corrected chi connectivity index (χ3v) is 5.21. The predicted octanol–water partition coefficient (Wildman–Crippen LogP) is 3.33. The highest BCUT2D eigenvalue weighted by atomic mass is 32.2. The predicted molar refractivity (Wildman–Crippen MR) is 97.9 cm³/mol. The van der Waals surface area contributed by atoms with E-state index in [9.17, 15) is 14.7 Å². The molecule has 1 amide bonds. The van der Waals surface area contributed by atoms with Gasteiger partial charge in [-0.15, -0.1) is 0 Å². The molecule has 0 spiro atoms. The van der Waals surface area contributed by atoms with Crippen LogP contribution in [0.2, 0.25) is 0 Å². The van der Waals surface area contributed by atoms with E-state index in [1.807, 2.05) is 54.6 Å². The van der Waals surface area contributed by atoms with Gasteiger partial charge in [-0.2, -0.15) is 0 Å². The van der Waals surface area contributed by atoms with Gasteiger partial charge in [0.15, 0.2) is 0 Å². The van der Waals surface area contributed by atoms with Crippen LogP contribution >= 0.6 is 11.8 Å². The Morgan fingerprint density at radius 2 is 1.84 bits per heavy atom. The van der Waals surface area contributed by atoms with E-state index in [-0.39, 0.29) is 12.5 Å². The molecule has 3 rings (SSSR count). The van der Waals surface area contributed by atoms with Gasteiger partial charge in [0, 0.05) is 9.79 Å². The lowest BCUT2D eigenvalue weighted by molar-refractivity contribution is -0.142. The van der Waals surface area contributed by atoms with Gasteiger partial charge < -0.3 is 10.4 Å². The molecule has 1 saturated heterocycles. The number of carbonyl (C=O) groups excluding carboxylic acids is 1. The van der Waals surface area contributed by atoms with Crippen molar-refractivity contribution in [2.24, 2.45) is 0 Å². The van der Waals surface area contributed by atoms with Gasteiger partial charge in [-0.25, -0.2) is 0 Å². The van der Waals surface area contributed by atoms with E-state index in [0.29, 0.717) is 13.0 Å². The highest BCUT2D eigenvalue weighted by molar-refractivity contribution is 7.99. The SMILES string of the molecule is O=C(CN1CCC[C@@H]1C(=O)O)Nc1ccccc1Sc1ccccc1. The van der Waals surface area contributed by atoms with Crippen LogP contribution in [0.5, 0.6) is 0 Å². The Labute approximate surface area is 151 Å². The van der Waals surface area contributed by atoms with Crippen molar-refractivity contribution in [1.82, 2.24) is 4.90 Å². The zero-order valence-corrected chi connectivity index (χ0v) is 14.5. The number of nitrogens with zero attached hydrogens (tertiary/aromatic N) is 1. The maximum Gasteiger partial charge on any atom is 0.320 e. The summed E-state index contributed by atoms with van der Waals surface area (Å²) >= 11 is 1.58. The summed E-state index contributed by atoms with van der Waals surface area (Å²) in [5.74, 6) is -1.04. The van der Waals surface area contributed by atoms with E-state index in [4.69, 9.17) is 0 Å². The zero-order chi connectivity index (χ0) is 17.6. The highest BCUT2D eigenvalue weighted by Crippen LogP contribution is 2.33. The number of nitrogens with one attached hydrogen (secondary N) is 1. The Morgan fingerprint density at radius 3 is 2.60 bits per heavy atom. The Balaban J connectivity index is 1.66. The number of para-hydroxylation sites is 1. The van der Waals surface area contributed by atoms with Crippen molar-refractivity contribution in [2.75, 3.05) is 18.4 Å². The number of anilines is 1. The fourth-order valence-corrected chi connectivity index (χ4v) is 3.87. The van der Waals surface area contributed by atoms with Crippen molar-refractivity contribution < 1.29 is 14.7 Å². The molecular weight excluding hydrogens is 336 g/mol. The fraction of sp³-hybridized carbons (Fsp3) is 0.263. The quantitative estimate of drug-likeness (QED) is 0.831. The number of hydrogen-bond acceptors (Lipinski definition) is 4. The van der Waals surface area contributed by atoms with Gasteiger partial charge in [0.25, 0.3) is 0 Å². The molecular formula is C19H20N2O3S. The number of carboxylic acid groups (broad SMARTS) is 1. The van der Waals surface area contributed by atoms with Crippen LogP contribution < -0.4 is 5.32 Å². The van der Waals surface area contributed by atoms with Crippen molar-refractivity contribution in [3.63, 3.8) is 0 Å². The molecule has 2 aromatic carbocycles. The fourth-order valence-electron chi connectivity index (χ4n) is 2.94. The van der Waals surface area contributed by atoms with Crippen LogP contribution in [0.4, 0.5) is 5.69 Å². The Kier molecular flexibility index (Phi) is 5.73. The molecule has 0 aromatic heterocycles. The molecule has 1 heterocycles. The molecule has 0 saturated carbocycles. The minimum absolute atomic E-state index is 0.0985. The minimum atomic E-state index is -0.856. The van der Waals surface area contributed by atoms with Gasteiger partial charge in [0.2, 0.25) is 5.91 Å². The second-order valence-corrected chi connectivity index (χ2v) is 7.04. The van der Waals surface area contributed by atoms with Gasteiger partial charge in [-0.1, -0.05) is 42.1 Å². The molecule has 6 heteroatoms. The Bertz CT molecular complexity index is 751. The van der Waals surface area contributed by atoms with Crippen molar-refractivity contribution in [2.45, 2.75) is 28.7 Å². The van der Waals surface area contributed by atoms with Crippen LogP contribution in [0.1, 0.15) is 12.8 Å². The lowest BCUT2D eigenvalue weighted by atomic mass is 10.2. The van der Waals surface area contributed by atoms with Crippen LogP contribution in [-0.2, 0) is 9.59 Å².